The number of carboxylic acids is 1. The molecule has 2 heterocycles. The maximum absolute atomic E-state index is 11.0. The molecule has 88 valence electrons. The van der Waals surface area contributed by atoms with Gasteiger partial charge in [0, 0.05) is 6.54 Å². The molecule has 0 aliphatic carbocycles. The van der Waals surface area contributed by atoms with Crippen LogP contribution < -0.4 is 0 Å². The van der Waals surface area contributed by atoms with Gasteiger partial charge in [0.15, 0.2) is 0 Å². The van der Waals surface area contributed by atoms with Crippen LogP contribution in [0.15, 0.2) is 21.2 Å². The number of ether oxygens (including phenoxy) is 1. The number of morpholine rings is 1. The van der Waals surface area contributed by atoms with Gasteiger partial charge in [0.1, 0.15) is 11.8 Å². The molecule has 1 fully saturated rings. The van der Waals surface area contributed by atoms with Crippen LogP contribution in [0.5, 0.6) is 0 Å². The number of hydrogen-bond donors (Lipinski definition) is 1. The summed E-state index contributed by atoms with van der Waals surface area (Å²) in [4.78, 5) is 12.9. The number of nitrogens with zero attached hydrogens (tertiary/aromatic N) is 1. The Labute approximate surface area is 101 Å². The first kappa shape index (κ1) is 11.6. The van der Waals surface area contributed by atoms with Gasteiger partial charge in [-0.15, -0.1) is 0 Å². The molecule has 0 saturated carbocycles. The van der Waals surface area contributed by atoms with E-state index in [4.69, 9.17) is 14.3 Å². The lowest BCUT2D eigenvalue weighted by atomic mass is 10.2. The monoisotopic (exact) mass is 289 g/mol. The molecule has 0 radical (unpaired) electrons. The second kappa shape index (κ2) is 4.99. The van der Waals surface area contributed by atoms with E-state index in [1.165, 1.54) is 0 Å². The van der Waals surface area contributed by atoms with E-state index in [1.807, 2.05) is 4.90 Å². The maximum Gasteiger partial charge on any atom is 0.323 e. The van der Waals surface area contributed by atoms with Crippen molar-refractivity contribution in [2.45, 2.75) is 12.6 Å². The van der Waals surface area contributed by atoms with Crippen LogP contribution in [-0.4, -0.2) is 41.8 Å². The number of hydrogen-bond acceptors (Lipinski definition) is 4. The standard InChI is InChI=1S/C10H12BrNO4/c11-7-1-3-16-9(7)5-12-2-4-15-6-8(12)10(13)14/h1,3,8H,2,4-6H2,(H,13,14). The van der Waals surface area contributed by atoms with Crippen LogP contribution in [0.1, 0.15) is 5.76 Å². The van der Waals surface area contributed by atoms with Crippen LogP contribution in [0, 0.1) is 0 Å². The minimum Gasteiger partial charge on any atom is -0.480 e. The molecule has 1 saturated heterocycles. The number of halogens is 1. The Bertz CT molecular complexity index is 379. The van der Waals surface area contributed by atoms with Gasteiger partial charge in [0.2, 0.25) is 0 Å². The van der Waals surface area contributed by atoms with Gasteiger partial charge in [-0.25, -0.2) is 0 Å². The molecule has 6 heteroatoms. The lowest BCUT2D eigenvalue weighted by molar-refractivity contribution is -0.150. The molecule has 1 N–H and O–H groups in total. The van der Waals surface area contributed by atoms with Crippen molar-refractivity contribution < 1.29 is 19.1 Å². The van der Waals surface area contributed by atoms with Gasteiger partial charge in [-0.1, -0.05) is 0 Å². The Kier molecular flexibility index (Phi) is 3.63. The Morgan fingerprint density at radius 3 is 3.12 bits per heavy atom. The largest absolute Gasteiger partial charge is 0.480 e. The SMILES string of the molecule is O=C(O)C1COCCN1Cc1occc1Br. The predicted octanol–water partition coefficient (Wildman–Crippen LogP) is 1.33. The van der Waals surface area contributed by atoms with Crippen molar-refractivity contribution in [3.8, 4) is 0 Å². The van der Waals surface area contributed by atoms with Crippen molar-refractivity contribution in [2.75, 3.05) is 19.8 Å². The lowest BCUT2D eigenvalue weighted by Crippen LogP contribution is -2.49. The summed E-state index contributed by atoms with van der Waals surface area (Å²) in [5.74, 6) is -0.115. The molecule has 1 atom stereocenters. The van der Waals surface area contributed by atoms with Gasteiger partial charge in [0.05, 0.1) is 30.5 Å². The second-order valence-corrected chi connectivity index (χ2v) is 4.45. The average Bonchev–Trinajstić information content (AvgIpc) is 2.65. The van der Waals surface area contributed by atoms with E-state index in [0.717, 1.165) is 10.2 Å². The van der Waals surface area contributed by atoms with E-state index < -0.39 is 12.0 Å². The molecule has 1 unspecified atom stereocenters. The summed E-state index contributed by atoms with van der Waals surface area (Å²) in [5, 5.41) is 9.04. The van der Waals surface area contributed by atoms with Crippen LogP contribution in [-0.2, 0) is 16.1 Å². The quantitative estimate of drug-likeness (QED) is 0.910. The molecule has 1 aromatic rings. The summed E-state index contributed by atoms with van der Waals surface area (Å²) in [6.07, 6.45) is 1.58. The van der Waals surface area contributed by atoms with Crippen molar-refractivity contribution in [3.05, 3.63) is 22.6 Å². The van der Waals surface area contributed by atoms with Gasteiger partial charge in [0.25, 0.3) is 0 Å². The molecule has 5 nitrogen and oxygen atoms in total. The smallest absolute Gasteiger partial charge is 0.323 e. The summed E-state index contributed by atoms with van der Waals surface area (Å²) in [6.45, 7) is 1.87. The molecule has 0 amide bonds. The fourth-order valence-corrected chi connectivity index (χ4v) is 2.00. The zero-order valence-corrected chi connectivity index (χ0v) is 10.1. The summed E-state index contributed by atoms with van der Waals surface area (Å²) in [6, 6.07) is 1.21. The van der Waals surface area contributed by atoms with Gasteiger partial charge in [-0.05, 0) is 22.0 Å². The predicted molar refractivity (Wildman–Crippen MR) is 59.1 cm³/mol. The van der Waals surface area contributed by atoms with Crippen LogP contribution in [0.4, 0.5) is 0 Å². The molecule has 0 aromatic carbocycles. The van der Waals surface area contributed by atoms with Crippen LogP contribution in [0.25, 0.3) is 0 Å². The lowest BCUT2D eigenvalue weighted by Gasteiger charge is -2.32. The Balaban J connectivity index is 2.07. The maximum atomic E-state index is 11.0. The van der Waals surface area contributed by atoms with E-state index in [-0.39, 0.29) is 6.61 Å². The molecule has 16 heavy (non-hydrogen) atoms. The van der Waals surface area contributed by atoms with Crippen LogP contribution in [0.2, 0.25) is 0 Å². The summed E-state index contributed by atoms with van der Waals surface area (Å²) in [7, 11) is 0. The third-order valence-electron chi connectivity index (χ3n) is 2.56. The van der Waals surface area contributed by atoms with Crippen molar-refractivity contribution in [3.63, 3.8) is 0 Å². The van der Waals surface area contributed by atoms with Gasteiger partial charge >= 0.3 is 5.97 Å². The van der Waals surface area contributed by atoms with Crippen LogP contribution >= 0.6 is 15.9 Å². The Morgan fingerprint density at radius 2 is 2.50 bits per heavy atom. The second-order valence-electron chi connectivity index (χ2n) is 3.59. The van der Waals surface area contributed by atoms with E-state index in [0.29, 0.717) is 19.7 Å². The van der Waals surface area contributed by atoms with Crippen molar-refractivity contribution in [1.82, 2.24) is 4.90 Å². The minimum absolute atomic E-state index is 0.230. The number of rotatable bonds is 3. The van der Waals surface area contributed by atoms with E-state index in [2.05, 4.69) is 15.9 Å². The summed E-state index contributed by atoms with van der Waals surface area (Å²) >= 11 is 3.35. The number of carboxylic acid groups (broad SMARTS) is 1. The highest BCUT2D eigenvalue weighted by atomic mass is 79.9. The molecule has 0 spiro atoms. The zero-order chi connectivity index (χ0) is 11.5. The average molecular weight is 290 g/mol. The molecule has 1 aromatic heterocycles. The highest BCUT2D eigenvalue weighted by Gasteiger charge is 2.30. The van der Waals surface area contributed by atoms with E-state index >= 15 is 0 Å². The molecule has 0 bridgehead atoms. The van der Waals surface area contributed by atoms with E-state index in [1.54, 1.807) is 12.3 Å². The molecule has 1 aliphatic rings. The minimum atomic E-state index is -0.859. The summed E-state index contributed by atoms with van der Waals surface area (Å²) in [5.41, 5.74) is 0. The molecular formula is C10H12BrNO4. The van der Waals surface area contributed by atoms with Crippen molar-refractivity contribution >= 4 is 21.9 Å². The third kappa shape index (κ3) is 2.45. The number of aliphatic carboxylic acids is 1. The first-order chi connectivity index (χ1) is 7.68. The van der Waals surface area contributed by atoms with Gasteiger partial charge in [-0.3, -0.25) is 9.69 Å². The highest BCUT2D eigenvalue weighted by Crippen LogP contribution is 2.21. The number of furan rings is 1. The Morgan fingerprint density at radius 1 is 1.69 bits per heavy atom. The van der Waals surface area contributed by atoms with Crippen molar-refractivity contribution in [1.29, 1.82) is 0 Å². The van der Waals surface area contributed by atoms with E-state index in [9.17, 15) is 4.79 Å². The molecule has 2 rings (SSSR count). The van der Waals surface area contributed by atoms with Crippen molar-refractivity contribution in [2.24, 2.45) is 0 Å². The van der Waals surface area contributed by atoms with Gasteiger partial charge in [-0.2, -0.15) is 0 Å². The fraction of sp³-hybridized carbons (Fsp3) is 0.500. The first-order valence-electron chi connectivity index (χ1n) is 4.95. The highest BCUT2D eigenvalue weighted by molar-refractivity contribution is 9.10. The summed E-state index contributed by atoms with van der Waals surface area (Å²) < 4.78 is 11.3. The fourth-order valence-electron chi connectivity index (χ4n) is 1.68. The molecular weight excluding hydrogens is 278 g/mol. The normalized spacial score (nSPS) is 22.2. The van der Waals surface area contributed by atoms with Gasteiger partial charge < -0.3 is 14.3 Å². The zero-order valence-electron chi connectivity index (χ0n) is 8.56. The first-order valence-corrected chi connectivity index (χ1v) is 5.74. The topological polar surface area (TPSA) is 62.9 Å². The van der Waals surface area contributed by atoms with Crippen LogP contribution in [0.3, 0.4) is 0 Å². The Hall–Kier alpha value is -0.850. The third-order valence-corrected chi connectivity index (χ3v) is 3.27. The number of carbonyl (C=O) groups is 1. The molecule has 1 aliphatic heterocycles.